The molecule has 22 heavy (non-hydrogen) atoms. The summed E-state index contributed by atoms with van der Waals surface area (Å²) in [5.41, 5.74) is 1.24. The fraction of sp³-hybridized carbons (Fsp3) is 0.235. The SMILES string of the molecule is CCOc1ccc(C(=O)Nc2ccccc2Br)cc1OCC. The van der Waals surface area contributed by atoms with E-state index < -0.39 is 0 Å². The number of rotatable bonds is 6. The highest BCUT2D eigenvalue weighted by Crippen LogP contribution is 2.29. The highest BCUT2D eigenvalue weighted by molar-refractivity contribution is 9.10. The van der Waals surface area contributed by atoms with Crippen molar-refractivity contribution in [3.8, 4) is 11.5 Å². The number of hydrogen-bond acceptors (Lipinski definition) is 3. The maximum absolute atomic E-state index is 12.4. The molecule has 0 bridgehead atoms. The number of benzene rings is 2. The Morgan fingerprint density at radius 1 is 1.05 bits per heavy atom. The van der Waals surface area contributed by atoms with Gasteiger partial charge in [0.25, 0.3) is 5.91 Å². The lowest BCUT2D eigenvalue weighted by molar-refractivity contribution is 0.102. The van der Waals surface area contributed by atoms with Crippen molar-refractivity contribution in [3.05, 3.63) is 52.5 Å². The van der Waals surface area contributed by atoms with Crippen LogP contribution in [0.5, 0.6) is 11.5 Å². The van der Waals surface area contributed by atoms with Crippen molar-refractivity contribution in [2.75, 3.05) is 18.5 Å². The molecule has 0 aliphatic heterocycles. The zero-order chi connectivity index (χ0) is 15.9. The van der Waals surface area contributed by atoms with Gasteiger partial charge in [-0.25, -0.2) is 0 Å². The smallest absolute Gasteiger partial charge is 0.255 e. The van der Waals surface area contributed by atoms with E-state index in [4.69, 9.17) is 9.47 Å². The van der Waals surface area contributed by atoms with Crippen LogP contribution in [-0.2, 0) is 0 Å². The van der Waals surface area contributed by atoms with Gasteiger partial charge in [0, 0.05) is 10.0 Å². The number of anilines is 1. The fourth-order valence-electron chi connectivity index (χ4n) is 1.95. The molecule has 1 amide bonds. The van der Waals surface area contributed by atoms with Gasteiger partial charge in [-0.3, -0.25) is 4.79 Å². The summed E-state index contributed by atoms with van der Waals surface area (Å²) in [6, 6.07) is 12.6. The Bertz CT molecular complexity index is 658. The van der Waals surface area contributed by atoms with E-state index in [2.05, 4.69) is 21.2 Å². The van der Waals surface area contributed by atoms with Crippen LogP contribution >= 0.6 is 15.9 Å². The summed E-state index contributed by atoms with van der Waals surface area (Å²) in [5, 5.41) is 2.87. The molecule has 0 saturated heterocycles. The van der Waals surface area contributed by atoms with Crippen LogP contribution in [0.2, 0.25) is 0 Å². The van der Waals surface area contributed by atoms with Gasteiger partial charge in [0.2, 0.25) is 0 Å². The number of halogens is 1. The minimum atomic E-state index is -0.198. The zero-order valence-corrected chi connectivity index (χ0v) is 14.1. The maximum Gasteiger partial charge on any atom is 0.255 e. The molecule has 0 radical (unpaired) electrons. The minimum Gasteiger partial charge on any atom is -0.490 e. The molecule has 0 unspecified atom stereocenters. The molecule has 2 aromatic rings. The molecular weight excluding hydrogens is 346 g/mol. The third-order valence-electron chi connectivity index (χ3n) is 2.93. The van der Waals surface area contributed by atoms with Gasteiger partial charge in [-0.1, -0.05) is 12.1 Å². The molecule has 0 aliphatic carbocycles. The highest BCUT2D eigenvalue weighted by Gasteiger charge is 2.12. The van der Waals surface area contributed by atoms with Gasteiger partial charge in [-0.2, -0.15) is 0 Å². The van der Waals surface area contributed by atoms with E-state index in [1.165, 1.54) is 0 Å². The van der Waals surface area contributed by atoms with Crippen molar-refractivity contribution in [3.63, 3.8) is 0 Å². The first kappa shape index (κ1) is 16.4. The molecule has 2 aromatic carbocycles. The van der Waals surface area contributed by atoms with Crippen LogP contribution in [0.1, 0.15) is 24.2 Å². The number of carbonyl (C=O) groups is 1. The van der Waals surface area contributed by atoms with Gasteiger partial charge >= 0.3 is 0 Å². The normalized spacial score (nSPS) is 10.1. The topological polar surface area (TPSA) is 47.6 Å². The van der Waals surface area contributed by atoms with Crippen LogP contribution in [-0.4, -0.2) is 19.1 Å². The molecule has 0 heterocycles. The molecule has 0 spiro atoms. The number of ether oxygens (including phenoxy) is 2. The maximum atomic E-state index is 12.4. The van der Waals surface area contributed by atoms with Gasteiger partial charge in [0.15, 0.2) is 11.5 Å². The van der Waals surface area contributed by atoms with Gasteiger partial charge in [-0.05, 0) is 60.1 Å². The third kappa shape index (κ3) is 4.01. The number of amides is 1. The van der Waals surface area contributed by atoms with E-state index in [1.54, 1.807) is 18.2 Å². The molecule has 0 saturated carbocycles. The summed E-state index contributed by atoms with van der Waals surface area (Å²) in [7, 11) is 0. The summed E-state index contributed by atoms with van der Waals surface area (Å²) >= 11 is 3.41. The lowest BCUT2D eigenvalue weighted by Gasteiger charge is -2.13. The second-order valence-electron chi connectivity index (χ2n) is 4.46. The number of para-hydroxylation sites is 1. The van der Waals surface area contributed by atoms with Crippen LogP contribution < -0.4 is 14.8 Å². The summed E-state index contributed by atoms with van der Waals surface area (Å²) in [5.74, 6) is 1.02. The summed E-state index contributed by atoms with van der Waals surface area (Å²) < 4.78 is 11.9. The van der Waals surface area contributed by atoms with E-state index in [0.717, 1.165) is 10.2 Å². The first-order valence-electron chi connectivity index (χ1n) is 7.11. The molecule has 0 fully saturated rings. The number of carbonyl (C=O) groups excluding carboxylic acids is 1. The van der Waals surface area contributed by atoms with Crippen molar-refractivity contribution in [1.82, 2.24) is 0 Å². The van der Waals surface area contributed by atoms with Crippen molar-refractivity contribution >= 4 is 27.5 Å². The molecule has 0 aliphatic rings. The molecule has 4 nitrogen and oxygen atoms in total. The van der Waals surface area contributed by atoms with E-state index in [1.807, 2.05) is 38.1 Å². The van der Waals surface area contributed by atoms with Crippen LogP contribution in [0.15, 0.2) is 46.9 Å². The summed E-state index contributed by atoms with van der Waals surface area (Å²) in [6.07, 6.45) is 0. The number of hydrogen-bond donors (Lipinski definition) is 1. The first-order chi connectivity index (χ1) is 10.7. The van der Waals surface area contributed by atoms with Gasteiger partial charge < -0.3 is 14.8 Å². The number of nitrogens with one attached hydrogen (secondary N) is 1. The standard InChI is InChI=1S/C17H18BrNO3/c1-3-21-15-10-9-12(11-16(15)22-4-2)17(20)19-14-8-6-5-7-13(14)18/h5-11H,3-4H2,1-2H3,(H,19,20). The van der Waals surface area contributed by atoms with Gasteiger partial charge in [0.05, 0.1) is 18.9 Å². The Balaban J connectivity index is 2.22. The minimum absolute atomic E-state index is 0.198. The van der Waals surface area contributed by atoms with Crippen molar-refractivity contribution in [1.29, 1.82) is 0 Å². The van der Waals surface area contributed by atoms with Crippen LogP contribution in [0.25, 0.3) is 0 Å². The molecule has 0 aromatic heterocycles. The Morgan fingerprint density at radius 2 is 1.73 bits per heavy atom. The summed E-state index contributed by atoms with van der Waals surface area (Å²) in [4.78, 5) is 12.4. The quantitative estimate of drug-likeness (QED) is 0.821. The second kappa shape index (κ2) is 7.84. The molecule has 5 heteroatoms. The first-order valence-corrected chi connectivity index (χ1v) is 7.90. The molecule has 1 N–H and O–H groups in total. The van der Waals surface area contributed by atoms with E-state index in [-0.39, 0.29) is 5.91 Å². The zero-order valence-electron chi connectivity index (χ0n) is 12.6. The Kier molecular flexibility index (Phi) is 5.83. The van der Waals surface area contributed by atoms with Gasteiger partial charge in [-0.15, -0.1) is 0 Å². The molecule has 0 atom stereocenters. The van der Waals surface area contributed by atoms with E-state index in [0.29, 0.717) is 30.3 Å². The van der Waals surface area contributed by atoms with Crippen molar-refractivity contribution in [2.24, 2.45) is 0 Å². The summed E-state index contributed by atoms with van der Waals surface area (Å²) in [6.45, 7) is 4.85. The predicted molar refractivity (Wildman–Crippen MR) is 90.9 cm³/mol. The predicted octanol–water partition coefficient (Wildman–Crippen LogP) is 4.50. The van der Waals surface area contributed by atoms with E-state index >= 15 is 0 Å². The van der Waals surface area contributed by atoms with Crippen molar-refractivity contribution < 1.29 is 14.3 Å². The fourth-order valence-corrected chi connectivity index (χ4v) is 2.33. The Labute approximate surface area is 138 Å². The largest absolute Gasteiger partial charge is 0.490 e. The Hall–Kier alpha value is -2.01. The van der Waals surface area contributed by atoms with Gasteiger partial charge in [0.1, 0.15) is 0 Å². The molecular formula is C17H18BrNO3. The van der Waals surface area contributed by atoms with Crippen LogP contribution in [0.4, 0.5) is 5.69 Å². The van der Waals surface area contributed by atoms with Crippen molar-refractivity contribution in [2.45, 2.75) is 13.8 Å². The Morgan fingerprint density at radius 3 is 2.41 bits per heavy atom. The average Bonchev–Trinajstić information content (AvgIpc) is 2.51. The molecule has 2 rings (SSSR count). The highest BCUT2D eigenvalue weighted by atomic mass is 79.9. The van der Waals surface area contributed by atoms with Crippen LogP contribution in [0.3, 0.4) is 0 Å². The second-order valence-corrected chi connectivity index (χ2v) is 5.32. The lowest BCUT2D eigenvalue weighted by Crippen LogP contribution is -2.12. The molecule has 116 valence electrons. The van der Waals surface area contributed by atoms with Crippen LogP contribution in [0, 0.1) is 0 Å². The third-order valence-corrected chi connectivity index (χ3v) is 3.62. The average molecular weight is 364 g/mol. The lowest BCUT2D eigenvalue weighted by atomic mass is 10.2. The van der Waals surface area contributed by atoms with E-state index in [9.17, 15) is 4.79 Å². The monoisotopic (exact) mass is 363 g/mol.